The Hall–Kier alpha value is -2.97. The van der Waals surface area contributed by atoms with Gasteiger partial charge in [0.2, 0.25) is 5.91 Å². The first kappa shape index (κ1) is 26.6. The largest absolute Gasteiger partial charge is 0.465 e. The van der Waals surface area contributed by atoms with Gasteiger partial charge in [-0.2, -0.15) is 0 Å². The van der Waals surface area contributed by atoms with Crippen LogP contribution in [0.15, 0.2) is 42.5 Å². The summed E-state index contributed by atoms with van der Waals surface area (Å²) in [6.07, 6.45) is 10.7. The molecule has 8 nitrogen and oxygen atoms in total. The molecule has 5 atom stereocenters. The topological polar surface area (TPSA) is 96.4 Å². The molecule has 4 heterocycles. The van der Waals surface area contributed by atoms with Crippen LogP contribution >= 0.6 is 0 Å². The third-order valence-electron chi connectivity index (χ3n) is 8.65. The number of hydrogen-bond donors (Lipinski definition) is 1. The molecule has 0 saturated carbocycles. The fourth-order valence-electron chi connectivity index (χ4n) is 6.94. The molecular formula is C30H38N2O6. The number of aryl methyl sites for hydroxylation is 2. The number of benzene rings is 1. The number of allylic oxidation sites excluding steroid dienone is 1. The van der Waals surface area contributed by atoms with E-state index in [1.165, 1.54) is 0 Å². The van der Waals surface area contributed by atoms with Gasteiger partial charge in [0.25, 0.3) is 5.91 Å². The molecule has 0 bridgehead atoms. The third-order valence-corrected chi connectivity index (χ3v) is 8.65. The van der Waals surface area contributed by atoms with Crippen LogP contribution in [0.1, 0.15) is 50.2 Å². The number of carbonyl (C=O) groups is 3. The number of fused-ring (bicyclic) bond motifs is 2. The molecule has 4 aliphatic heterocycles. The van der Waals surface area contributed by atoms with Gasteiger partial charge in [0.1, 0.15) is 23.2 Å². The highest BCUT2D eigenvalue weighted by molar-refractivity contribution is 6.06. The van der Waals surface area contributed by atoms with Crippen molar-refractivity contribution < 1.29 is 29.0 Å². The molecule has 2 saturated heterocycles. The van der Waals surface area contributed by atoms with Crippen molar-refractivity contribution in [3.8, 4) is 0 Å². The number of aliphatic hydroxyl groups excluding tert-OH is 1. The molecule has 1 spiro atoms. The Labute approximate surface area is 224 Å². The molecule has 8 heteroatoms. The average Bonchev–Trinajstić information content (AvgIpc) is 3.27. The monoisotopic (exact) mass is 522 g/mol. The van der Waals surface area contributed by atoms with Gasteiger partial charge in [0.05, 0.1) is 12.5 Å². The highest BCUT2D eigenvalue weighted by atomic mass is 16.6. The van der Waals surface area contributed by atoms with Crippen LogP contribution in [0, 0.1) is 25.7 Å². The molecule has 2 fully saturated rings. The van der Waals surface area contributed by atoms with Crippen molar-refractivity contribution in [2.45, 2.75) is 70.1 Å². The molecular weight excluding hydrogens is 484 g/mol. The lowest BCUT2D eigenvalue weighted by molar-refractivity contribution is -0.159. The van der Waals surface area contributed by atoms with E-state index in [4.69, 9.17) is 9.47 Å². The summed E-state index contributed by atoms with van der Waals surface area (Å²) in [6, 6.07) is 4.99. The lowest BCUT2D eigenvalue weighted by atomic mass is 9.73. The molecule has 1 aromatic carbocycles. The zero-order valence-electron chi connectivity index (χ0n) is 22.5. The van der Waals surface area contributed by atoms with E-state index in [9.17, 15) is 19.5 Å². The van der Waals surface area contributed by atoms with E-state index in [-0.39, 0.29) is 25.0 Å². The van der Waals surface area contributed by atoms with Crippen molar-refractivity contribution in [3.05, 3.63) is 53.6 Å². The fraction of sp³-hybridized carbons (Fsp3) is 0.567. The van der Waals surface area contributed by atoms with Crippen molar-refractivity contribution in [1.82, 2.24) is 4.90 Å². The minimum Gasteiger partial charge on any atom is -0.465 e. The van der Waals surface area contributed by atoms with Crippen molar-refractivity contribution in [3.63, 3.8) is 0 Å². The Kier molecular flexibility index (Phi) is 7.22. The molecule has 1 N–H and O–H groups in total. The smallest absolute Gasteiger partial charge is 0.313 e. The lowest BCUT2D eigenvalue weighted by Crippen LogP contribution is -2.56. The lowest BCUT2D eigenvalue weighted by Gasteiger charge is -2.38. The zero-order valence-corrected chi connectivity index (χ0v) is 22.5. The molecule has 4 aliphatic rings. The number of nitrogens with zero attached hydrogens (tertiary/aromatic N) is 2. The molecule has 1 aromatic rings. The Morgan fingerprint density at radius 3 is 2.50 bits per heavy atom. The van der Waals surface area contributed by atoms with Gasteiger partial charge in [-0.25, -0.2) is 0 Å². The summed E-state index contributed by atoms with van der Waals surface area (Å²) < 4.78 is 12.6. The second kappa shape index (κ2) is 10.3. The maximum absolute atomic E-state index is 14.6. The Morgan fingerprint density at radius 1 is 1.03 bits per heavy atom. The molecule has 5 rings (SSSR count). The molecule has 1 unspecified atom stereocenters. The van der Waals surface area contributed by atoms with Crippen LogP contribution in [0.3, 0.4) is 0 Å². The van der Waals surface area contributed by atoms with Gasteiger partial charge in [-0.1, -0.05) is 49.4 Å². The minimum absolute atomic E-state index is 0.00115. The van der Waals surface area contributed by atoms with Crippen LogP contribution in [-0.2, 0) is 23.9 Å². The number of anilines is 1. The Morgan fingerprint density at radius 2 is 1.79 bits per heavy atom. The highest BCUT2D eigenvalue weighted by Crippen LogP contribution is 2.58. The van der Waals surface area contributed by atoms with Crippen molar-refractivity contribution in [2.75, 3.05) is 31.2 Å². The van der Waals surface area contributed by atoms with Gasteiger partial charge < -0.3 is 24.4 Å². The van der Waals surface area contributed by atoms with E-state index in [0.29, 0.717) is 38.8 Å². The molecule has 38 heavy (non-hydrogen) atoms. The van der Waals surface area contributed by atoms with Gasteiger partial charge in [-0.05, 0) is 57.1 Å². The Balaban J connectivity index is 1.66. The summed E-state index contributed by atoms with van der Waals surface area (Å²) in [5, 5.41) is 9.40. The summed E-state index contributed by atoms with van der Waals surface area (Å²) in [6.45, 7) is 6.81. The number of likely N-dealkylation sites (tertiary alicyclic amines) is 1. The van der Waals surface area contributed by atoms with E-state index in [0.717, 1.165) is 23.2 Å². The SMILES string of the molecule is CC[C@]12/C=C\CCCOC(=O)[C@H]1[C@H]1C(=O)N(CCCCO)C3C(=O)N(c4c(C)cccc4C)CC=C[C@@]31O2. The second-order valence-electron chi connectivity index (χ2n) is 10.9. The number of hydrogen-bond acceptors (Lipinski definition) is 6. The summed E-state index contributed by atoms with van der Waals surface area (Å²) in [4.78, 5) is 45.7. The first-order valence-corrected chi connectivity index (χ1v) is 13.8. The quantitative estimate of drug-likeness (QED) is 0.350. The van der Waals surface area contributed by atoms with Crippen molar-refractivity contribution in [1.29, 1.82) is 0 Å². The summed E-state index contributed by atoms with van der Waals surface area (Å²) >= 11 is 0. The van der Waals surface area contributed by atoms with Gasteiger partial charge in [-0.15, -0.1) is 0 Å². The number of rotatable bonds is 6. The van der Waals surface area contributed by atoms with E-state index in [1.54, 1.807) is 9.80 Å². The predicted molar refractivity (Wildman–Crippen MR) is 142 cm³/mol. The summed E-state index contributed by atoms with van der Waals surface area (Å²) in [5.74, 6) is -2.67. The maximum Gasteiger partial charge on any atom is 0.313 e. The van der Waals surface area contributed by atoms with Crippen LogP contribution in [0.2, 0.25) is 0 Å². The number of aliphatic hydroxyl groups is 1. The van der Waals surface area contributed by atoms with E-state index in [2.05, 4.69) is 0 Å². The summed E-state index contributed by atoms with van der Waals surface area (Å²) in [5.41, 5.74) is 0.419. The molecule has 0 radical (unpaired) electrons. The number of cyclic esters (lactones) is 1. The number of esters is 1. The normalized spacial score (nSPS) is 33.6. The van der Waals surface area contributed by atoms with E-state index in [1.807, 2.05) is 63.3 Å². The van der Waals surface area contributed by atoms with E-state index < -0.39 is 35.0 Å². The molecule has 2 amide bonds. The van der Waals surface area contributed by atoms with Crippen molar-refractivity contribution in [2.24, 2.45) is 11.8 Å². The van der Waals surface area contributed by atoms with Gasteiger partial charge in [-0.3, -0.25) is 14.4 Å². The fourth-order valence-corrected chi connectivity index (χ4v) is 6.94. The maximum atomic E-state index is 14.6. The van der Waals surface area contributed by atoms with Crippen LogP contribution in [0.4, 0.5) is 5.69 Å². The molecule has 0 aromatic heterocycles. The standard InChI is InChI=1S/C30H38N2O6/c1-4-29-14-6-5-9-19-37-28(36)23(29)22-26(34)32(16-7-8-18-33)25-27(35)31(17-11-15-30(22,25)38-29)24-20(2)12-10-13-21(24)3/h6,10-15,22-23,25,33H,4-5,7-9,16-19H2,1-3H3/b14-6-/t22-,23+,25?,29-,30-/m0/s1. The number of amides is 2. The summed E-state index contributed by atoms with van der Waals surface area (Å²) in [7, 11) is 0. The predicted octanol–water partition coefficient (Wildman–Crippen LogP) is 3.23. The van der Waals surface area contributed by atoms with Crippen LogP contribution in [0.5, 0.6) is 0 Å². The van der Waals surface area contributed by atoms with E-state index >= 15 is 0 Å². The van der Waals surface area contributed by atoms with Crippen LogP contribution < -0.4 is 4.90 Å². The second-order valence-corrected chi connectivity index (χ2v) is 10.9. The number of para-hydroxylation sites is 1. The van der Waals surface area contributed by atoms with Crippen molar-refractivity contribution >= 4 is 23.5 Å². The first-order chi connectivity index (χ1) is 18.3. The number of carbonyl (C=O) groups excluding carboxylic acids is 3. The zero-order chi connectivity index (χ0) is 27.1. The van der Waals surface area contributed by atoms with Crippen LogP contribution in [-0.4, -0.2) is 71.3 Å². The minimum atomic E-state index is -1.30. The average molecular weight is 523 g/mol. The van der Waals surface area contributed by atoms with Gasteiger partial charge in [0, 0.05) is 25.4 Å². The number of ether oxygens (including phenoxy) is 2. The molecule has 204 valence electrons. The van der Waals surface area contributed by atoms with Crippen LogP contribution in [0.25, 0.3) is 0 Å². The van der Waals surface area contributed by atoms with Gasteiger partial charge in [0.15, 0.2) is 0 Å². The van der Waals surface area contributed by atoms with Gasteiger partial charge >= 0.3 is 5.97 Å². The number of unbranched alkanes of at least 4 members (excludes halogenated alkanes) is 1. The third kappa shape index (κ3) is 4.00. The first-order valence-electron chi connectivity index (χ1n) is 13.8. The highest BCUT2D eigenvalue weighted by Gasteiger charge is 2.75. The Bertz CT molecular complexity index is 1160. The molecule has 0 aliphatic carbocycles.